The minimum absolute atomic E-state index is 0.0900. The van der Waals surface area contributed by atoms with E-state index in [1.807, 2.05) is 42.5 Å². The van der Waals surface area contributed by atoms with Crippen LogP contribution in [0.1, 0.15) is 105 Å². The maximum absolute atomic E-state index is 12.5. The first kappa shape index (κ1) is 37.5. The van der Waals surface area contributed by atoms with Crippen LogP contribution in [-0.2, 0) is 11.2 Å². The average molecular weight is 751 g/mol. The van der Waals surface area contributed by atoms with Crippen molar-refractivity contribution in [1.29, 1.82) is 0 Å². The molecule has 0 bridgehead atoms. The molecule has 4 aromatic carbocycles. The fraction of sp³-hybridized carbons (Fsp3) is 0.478. The smallest absolute Gasteiger partial charge is 0.128 e. The number of methoxy groups -OCH3 is 1. The number of benzene rings is 4. The van der Waals surface area contributed by atoms with E-state index in [-0.39, 0.29) is 36.4 Å². The fourth-order valence-corrected chi connectivity index (χ4v) is 9.34. The van der Waals surface area contributed by atoms with Crippen LogP contribution in [0.25, 0.3) is 11.1 Å². The molecular weight excluding hydrogens is 696 g/mol. The molecule has 0 radical (unpaired) electrons. The van der Waals surface area contributed by atoms with Crippen LogP contribution in [-0.4, -0.2) is 59.1 Å². The Balaban J connectivity index is 1.14. The molecule has 9 heteroatoms. The third-order valence-electron chi connectivity index (χ3n) is 12.1. The molecule has 9 nitrogen and oxygen atoms in total. The zero-order chi connectivity index (χ0) is 37.9. The quantitative estimate of drug-likeness (QED) is 0.105. The number of ether oxygens (including phenoxy) is 5. The molecule has 0 aromatic heterocycles. The molecule has 2 heterocycles. The maximum Gasteiger partial charge on any atom is 0.128 e. The van der Waals surface area contributed by atoms with Gasteiger partial charge in [-0.05, 0) is 135 Å². The Kier molecular flexibility index (Phi) is 11.4. The number of hydrogen-bond acceptors (Lipinski definition) is 9. The lowest BCUT2D eigenvalue weighted by molar-refractivity contribution is -0.0890. The van der Waals surface area contributed by atoms with Crippen LogP contribution in [0.3, 0.4) is 0 Å². The molecule has 2 aliphatic carbocycles. The highest BCUT2D eigenvalue weighted by atomic mass is 16.5. The Labute approximate surface area is 323 Å². The monoisotopic (exact) mass is 750 g/mol. The van der Waals surface area contributed by atoms with Crippen molar-refractivity contribution in [2.75, 3.05) is 20.3 Å². The Hall–Kier alpha value is -4.44. The third-order valence-corrected chi connectivity index (χ3v) is 12.1. The lowest BCUT2D eigenvalue weighted by atomic mass is 9.72. The molecular formula is C46H54O9. The van der Waals surface area contributed by atoms with Gasteiger partial charge in [0.25, 0.3) is 0 Å². The van der Waals surface area contributed by atoms with Gasteiger partial charge in [-0.1, -0.05) is 24.6 Å². The van der Waals surface area contributed by atoms with E-state index in [1.165, 1.54) is 6.42 Å². The first-order chi connectivity index (χ1) is 26.8. The van der Waals surface area contributed by atoms with Crippen LogP contribution in [0.15, 0.2) is 72.8 Å². The number of phenolic OH excluding ortho intramolecular Hbond substituents is 2. The van der Waals surface area contributed by atoms with Crippen LogP contribution in [0.2, 0.25) is 0 Å². The van der Waals surface area contributed by atoms with Crippen molar-refractivity contribution >= 4 is 0 Å². The molecule has 0 unspecified atom stereocenters. The van der Waals surface area contributed by atoms with E-state index in [4.69, 9.17) is 23.7 Å². The SMILES string of the molecule is COCCC[C@@H]1Oc2ccc(OC3CCCCC3)cc2[C@H](O)[C@@H]1[C@@H]1COc2c(Cc3cc(O)ccc3-c3cccc(O)c3)cc(OC3CCCC3)cc2[C@H]1O. The maximum atomic E-state index is 12.5. The van der Waals surface area contributed by atoms with Crippen molar-refractivity contribution in [3.05, 3.63) is 95.1 Å². The highest BCUT2D eigenvalue weighted by Gasteiger charge is 2.47. The van der Waals surface area contributed by atoms with Crippen LogP contribution < -0.4 is 18.9 Å². The van der Waals surface area contributed by atoms with Gasteiger partial charge in [-0.2, -0.15) is 0 Å². The number of rotatable bonds is 12. The van der Waals surface area contributed by atoms with Crippen LogP contribution in [0.4, 0.5) is 0 Å². The van der Waals surface area contributed by atoms with Crippen molar-refractivity contribution in [1.82, 2.24) is 0 Å². The van der Waals surface area contributed by atoms with E-state index < -0.39 is 24.0 Å². The number of phenols is 2. The summed E-state index contributed by atoms with van der Waals surface area (Å²) in [6, 6.07) is 22.0. The molecule has 55 heavy (non-hydrogen) atoms. The summed E-state index contributed by atoms with van der Waals surface area (Å²) in [4.78, 5) is 0. The number of aromatic hydroxyl groups is 2. The molecule has 2 fully saturated rings. The Morgan fingerprint density at radius 1 is 0.709 bits per heavy atom. The molecule has 5 atom stereocenters. The predicted molar refractivity (Wildman–Crippen MR) is 209 cm³/mol. The van der Waals surface area contributed by atoms with Crippen molar-refractivity contribution in [3.8, 4) is 45.6 Å². The summed E-state index contributed by atoms with van der Waals surface area (Å²) in [5, 5.41) is 45.6. The molecule has 0 saturated heterocycles. The molecule has 4 aromatic rings. The van der Waals surface area contributed by atoms with Gasteiger partial charge in [0.2, 0.25) is 0 Å². The second kappa shape index (κ2) is 16.7. The van der Waals surface area contributed by atoms with Gasteiger partial charge >= 0.3 is 0 Å². The molecule has 2 saturated carbocycles. The van der Waals surface area contributed by atoms with Gasteiger partial charge in [0, 0.05) is 48.7 Å². The normalized spacial score (nSPS) is 24.0. The van der Waals surface area contributed by atoms with E-state index >= 15 is 0 Å². The summed E-state index contributed by atoms with van der Waals surface area (Å²) in [6.45, 7) is 0.726. The second-order valence-electron chi connectivity index (χ2n) is 15.9. The number of fused-ring (bicyclic) bond motifs is 2. The second-order valence-corrected chi connectivity index (χ2v) is 15.9. The topological polar surface area (TPSA) is 127 Å². The molecule has 2 aliphatic heterocycles. The number of aliphatic hydroxyl groups is 2. The zero-order valence-electron chi connectivity index (χ0n) is 31.7. The van der Waals surface area contributed by atoms with Gasteiger partial charge in [0.05, 0.1) is 31.0 Å². The third kappa shape index (κ3) is 8.25. The van der Waals surface area contributed by atoms with Gasteiger partial charge in [0.1, 0.15) is 40.6 Å². The van der Waals surface area contributed by atoms with E-state index in [2.05, 4.69) is 0 Å². The lowest BCUT2D eigenvalue weighted by Gasteiger charge is -2.45. The largest absolute Gasteiger partial charge is 0.508 e. The first-order valence-corrected chi connectivity index (χ1v) is 20.2. The van der Waals surface area contributed by atoms with Crippen molar-refractivity contribution in [3.63, 3.8) is 0 Å². The van der Waals surface area contributed by atoms with Gasteiger partial charge in [0.15, 0.2) is 0 Å². The lowest BCUT2D eigenvalue weighted by Crippen LogP contribution is -2.46. The predicted octanol–water partition coefficient (Wildman–Crippen LogP) is 8.97. The molecule has 8 rings (SSSR count). The number of hydrogen-bond donors (Lipinski definition) is 4. The molecule has 4 N–H and O–H groups in total. The molecule has 4 aliphatic rings. The van der Waals surface area contributed by atoms with Crippen molar-refractivity contribution < 1.29 is 44.1 Å². The van der Waals surface area contributed by atoms with Crippen LogP contribution in [0.5, 0.6) is 34.5 Å². The van der Waals surface area contributed by atoms with Crippen molar-refractivity contribution in [2.45, 2.75) is 108 Å². The van der Waals surface area contributed by atoms with Crippen LogP contribution >= 0.6 is 0 Å². The minimum atomic E-state index is -0.985. The van der Waals surface area contributed by atoms with E-state index in [1.54, 1.807) is 37.4 Å². The summed E-state index contributed by atoms with van der Waals surface area (Å²) in [5.41, 5.74) is 4.63. The van der Waals surface area contributed by atoms with E-state index in [0.717, 1.165) is 85.8 Å². The Morgan fingerprint density at radius 2 is 1.44 bits per heavy atom. The Bertz CT molecular complexity index is 1930. The zero-order valence-corrected chi connectivity index (χ0v) is 31.7. The van der Waals surface area contributed by atoms with Gasteiger partial charge in [-0.25, -0.2) is 0 Å². The number of aliphatic hydroxyl groups excluding tert-OH is 2. The van der Waals surface area contributed by atoms with E-state index in [0.29, 0.717) is 47.8 Å². The van der Waals surface area contributed by atoms with Gasteiger partial charge in [-0.15, -0.1) is 0 Å². The summed E-state index contributed by atoms with van der Waals surface area (Å²) in [5.74, 6) is 1.92. The van der Waals surface area contributed by atoms with Crippen molar-refractivity contribution in [2.24, 2.45) is 11.8 Å². The summed E-state index contributed by atoms with van der Waals surface area (Å²) < 4.78 is 31.7. The van der Waals surface area contributed by atoms with E-state index in [9.17, 15) is 20.4 Å². The van der Waals surface area contributed by atoms with Crippen LogP contribution in [0, 0.1) is 11.8 Å². The highest BCUT2D eigenvalue weighted by Crippen LogP contribution is 2.51. The molecule has 0 amide bonds. The first-order valence-electron chi connectivity index (χ1n) is 20.2. The van der Waals surface area contributed by atoms with Gasteiger partial charge < -0.3 is 44.1 Å². The fourth-order valence-electron chi connectivity index (χ4n) is 9.34. The Morgan fingerprint density at radius 3 is 2.20 bits per heavy atom. The minimum Gasteiger partial charge on any atom is -0.508 e. The molecule has 0 spiro atoms. The summed E-state index contributed by atoms with van der Waals surface area (Å²) >= 11 is 0. The van der Waals surface area contributed by atoms with Gasteiger partial charge in [-0.3, -0.25) is 0 Å². The molecule has 292 valence electrons. The highest BCUT2D eigenvalue weighted by molar-refractivity contribution is 5.70. The summed E-state index contributed by atoms with van der Waals surface area (Å²) in [6.07, 6.45) is 9.52. The standard InChI is InChI=1S/C46H54O9/c1-51-20-8-15-42-43(45(50)38-25-35(17-19-41(38)55-42)53-33-11-3-2-4-12-33)40-27-52-46-30(24-36(26-39(46)44(40)49)54-34-13-5-6-14-34)21-29-23-32(48)16-18-37(29)28-9-7-10-31(47)22-28/h7,9-10,16-19,22-26,33-34,40,42-45,47-50H,2-6,8,11-15,20-21,27H2,1H3/t40-,42-,43+,44+,45-/m0/s1. The average Bonchev–Trinajstić information content (AvgIpc) is 3.70. The summed E-state index contributed by atoms with van der Waals surface area (Å²) in [7, 11) is 1.68.